The number of hydrogen-bond acceptors (Lipinski definition) is 6. The molecule has 10 heteroatoms. The van der Waals surface area contributed by atoms with Gasteiger partial charge in [0.2, 0.25) is 11.8 Å². The van der Waals surface area contributed by atoms with Gasteiger partial charge in [-0.1, -0.05) is 44.2 Å². The Kier molecular flexibility index (Phi) is 6.61. The minimum absolute atomic E-state index is 0.113. The Morgan fingerprint density at radius 1 is 1.24 bits per heavy atom. The molecule has 3 atom stereocenters. The summed E-state index contributed by atoms with van der Waals surface area (Å²) in [5, 5.41) is 22.0. The SMILES string of the molecule is Cn1ccnc1-c1cccc(CNC(=O)C2CC(O)CN2C(=O)[C@@H](n2cc(C3CC3)nn2)C(C)(C)C)c1. The number of aliphatic hydroxyl groups is 1. The first-order valence-electron chi connectivity index (χ1n) is 12.9. The summed E-state index contributed by atoms with van der Waals surface area (Å²) in [6, 6.07) is 6.46. The smallest absolute Gasteiger partial charge is 0.248 e. The molecule has 0 radical (unpaired) electrons. The Labute approximate surface area is 216 Å². The summed E-state index contributed by atoms with van der Waals surface area (Å²) in [7, 11) is 1.94. The van der Waals surface area contributed by atoms with Crippen molar-refractivity contribution < 1.29 is 14.7 Å². The van der Waals surface area contributed by atoms with Crippen LogP contribution in [0.5, 0.6) is 0 Å². The van der Waals surface area contributed by atoms with Crippen LogP contribution in [-0.4, -0.2) is 65.1 Å². The maximum absolute atomic E-state index is 13.9. The number of carbonyl (C=O) groups excluding carboxylic acids is 2. The number of benzene rings is 1. The normalized spacial score (nSPS) is 20.7. The minimum atomic E-state index is -0.759. The zero-order valence-electron chi connectivity index (χ0n) is 21.8. The number of imidazole rings is 1. The summed E-state index contributed by atoms with van der Waals surface area (Å²) in [4.78, 5) is 33.1. The highest BCUT2D eigenvalue weighted by molar-refractivity contribution is 5.90. The van der Waals surface area contributed by atoms with E-state index in [0.29, 0.717) is 12.5 Å². The molecule has 2 N–H and O–H groups in total. The lowest BCUT2D eigenvalue weighted by atomic mass is 9.85. The van der Waals surface area contributed by atoms with Crippen molar-refractivity contribution in [2.75, 3.05) is 6.54 Å². The number of nitrogens with one attached hydrogen (secondary N) is 1. The quantitative estimate of drug-likeness (QED) is 0.509. The number of aliphatic hydroxyl groups excluding tert-OH is 1. The van der Waals surface area contributed by atoms with Gasteiger partial charge in [-0.2, -0.15) is 0 Å². The summed E-state index contributed by atoms with van der Waals surface area (Å²) in [6.45, 7) is 6.35. The summed E-state index contributed by atoms with van der Waals surface area (Å²) in [5.74, 6) is 0.757. The number of nitrogens with zero attached hydrogens (tertiary/aromatic N) is 6. The zero-order chi connectivity index (χ0) is 26.3. The predicted molar refractivity (Wildman–Crippen MR) is 137 cm³/mol. The lowest BCUT2D eigenvalue weighted by Crippen LogP contribution is -2.50. The fourth-order valence-electron chi connectivity index (χ4n) is 5.10. The number of likely N-dealkylation sites (tertiary alicyclic amines) is 1. The van der Waals surface area contributed by atoms with Crippen LogP contribution in [0.2, 0.25) is 0 Å². The molecule has 0 spiro atoms. The molecule has 37 heavy (non-hydrogen) atoms. The molecule has 10 nitrogen and oxygen atoms in total. The third kappa shape index (κ3) is 5.29. The lowest BCUT2D eigenvalue weighted by molar-refractivity contribution is -0.144. The monoisotopic (exact) mass is 505 g/mol. The number of amides is 2. The molecule has 2 unspecified atom stereocenters. The second kappa shape index (κ2) is 9.74. The first-order valence-corrected chi connectivity index (χ1v) is 12.9. The standard InChI is InChI=1S/C27H35N7O3/c1-27(2,3)23(34-16-21(30-31-34)18-8-9-18)26(37)33-15-20(35)13-22(33)25(36)29-14-17-6-5-7-19(12-17)24-28-10-11-32(24)4/h5-7,10-12,16,18,20,22-23,35H,8-9,13-15H2,1-4H3,(H,29,36)/t20?,22?,23-/m1/s1. The molecule has 2 amide bonds. The molecular formula is C27H35N7O3. The molecular weight excluding hydrogens is 470 g/mol. The average molecular weight is 506 g/mol. The lowest BCUT2D eigenvalue weighted by Gasteiger charge is -2.34. The van der Waals surface area contributed by atoms with E-state index in [1.165, 1.54) is 4.90 Å². The molecule has 2 aromatic heterocycles. The first kappa shape index (κ1) is 25.1. The Morgan fingerprint density at radius 3 is 2.70 bits per heavy atom. The minimum Gasteiger partial charge on any atom is -0.391 e. The van der Waals surface area contributed by atoms with Gasteiger partial charge in [0.05, 0.1) is 11.8 Å². The van der Waals surface area contributed by atoms with E-state index in [0.717, 1.165) is 35.5 Å². The van der Waals surface area contributed by atoms with Crippen LogP contribution in [0.1, 0.15) is 63.3 Å². The van der Waals surface area contributed by atoms with E-state index in [2.05, 4.69) is 20.6 Å². The molecule has 1 aromatic carbocycles. The highest BCUT2D eigenvalue weighted by Gasteiger charge is 2.45. The van der Waals surface area contributed by atoms with E-state index in [1.807, 2.05) is 69.0 Å². The number of β-amino-alcohol motifs (C(OH)–C–C–N with tert-alkyl or cyclic N) is 1. The van der Waals surface area contributed by atoms with Crippen molar-refractivity contribution in [1.82, 2.24) is 34.8 Å². The van der Waals surface area contributed by atoms with Gasteiger partial charge < -0.3 is 19.9 Å². The predicted octanol–water partition coefficient (Wildman–Crippen LogP) is 2.42. The zero-order valence-corrected chi connectivity index (χ0v) is 21.8. The van der Waals surface area contributed by atoms with Crippen LogP contribution in [0.15, 0.2) is 42.9 Å². The fourth-order valence-corrected chi connectivity index (χ4v) is 5.10. The van der Waals surface area contributed by atoms with Crippen LogP contribution < -0.4 is 5.32 Å². The van der Waals surface area contributed by atoms with Crippen LogP contribution >= 0.6 is 0 Å². The van der Waals surface area contributed by atoms with Crippen LogP contribution in [0.3, 0.4) is 0 Å². The van der Waals surface area contributed by atoms with Gasteiger partial charge in [0.15, 0.2) is 0 Å². The Hall–Kier alpha value is -3.53. The third-order valence-electron chi connectivity index (χ3n) is 7.18. The molecule has 5 rings (SSSR count). The summed E-state index contributed by atoms with van der Waals surface area (Å²) < 4.78 is 3.58. The molecule has 1 aliphatic carbocycles. The molecule has 3 aromatic rings. The van der Waals surface area contributed by atoms with E-state index >= 15 is 0 Å². The first-order chi connectivity index (χ1) is 17.6. The number of hydrogen-bond donors (Lipinski definition) is 2. The van der Waals surface area contributed by atoms with Crippen molar-refractivity contribution in [3.8, 4) is 11.4 Å². The van der Waals surface area contributed by atoms with Crippen molar-refractivity contribution in [1.29, 1.82) is 0 Å². The second-order valence-electron chi connectivity index (χ2n) is 11.3. The average Bonchev–Trinajstić information content (AvgIpc) is 3.22. The van der Waals surface area contributed by atoms with Crippen molar-refractivity contribution in [3.63, 3.8) is 0 Å². The van der Waals surface area contributed by atoms with Crippen LogP contribution in [-0.2, 0) is 23.2 Å². The molecule has 196 valence electrons. The number of carbonyl (C=O) groups is 2. The molecule has 0 bridgehead atoms. The van der Waals surface area contributed by atoms with Gasteiger partial charge in [0.1, 0.15) is 17.9 Å². The van der Waals surface area contributed by atoms with Gasteiger partial charge >= 0.3 is 0 Å². The molecule has 3 heterocycles. The Balaban J connectivity index is 1.31. The fraction of sp³-hybridized carbons (Fsp3) is 0.519. The maximum Gasteiger partial charge on any atom is 0.248 e. The van der Waals surface area contributed by atoms with Crippen molar-refractivity contribution in [2.24, 2.45) is 12.5 Å². The van der Waals surface area contributed by atoms with Crippen LogP contribution in [0.4, 0.5) is 0 Å². The van der Waals surface area contributed by atoms with Crippen LogP contribution in [0.25, 0.3) is 11.4 Å². The van der Waals surface area contributed by atoms with Gasteiger partial charge in [-0.25, -0.2) is 9.67 Å². The molecule has 2 aliphatic rings. The second-order valence-corrected chi connectivity index (χ2v) is 11.3. The summed E-state index contributed by atoms with van der Waals surface area (Å²) in [6.07, 6.45) is 7.13. The van der Waals surface area contributed by atoms with Gasteiger partial charge in [-0.3, -0.25) is 9.59 Å². The van der Waals surface area contributed by atoms with Gasteiger partial charge in [-0.15, -0.1) is 5.10 Å². The van der Waals surface area contributed by atoms with Crippen molar-refractivity contribution in [2.45, 2.75) is 70.7 Å². The number of rotatable bonds is 7. The maximum atomic E-state index is 13.9. The topological polar surface area (TPSA) is 118 Å². The molecule has 1 aliphatic heterocycles. The molecule has 1 saturated heterocycles. The van der Waals surface area contributed by atoms with E-state index in [9.17, 15) is 14.7 Å². The van der Waals surface area contributed by atoms with E-state index in [-0.39, 0.29) is 24.8 Å². The summed E-state index contributed by atoms with van der Waals surface area (Å²) in [5.41, 5.74) is 2.32. The number of aryl methyl sites for hydroxylation is 1. The molecule has 2 fully saturated rings. The van der Waals surface area contributed by atoms with Crippen molar-refractivity contribution in [3.05, 3.63) is 54.1 Å². The van der Waals surface area contributed by atoms with E-state index < -0.39 is 23.6 Å². The third-order valence-corrected chi connectivity index (χ3v) is 7.18. The van der Waals surface area contributed by atoms with Gasteiger partial charge in [0.25, 0.3) is 0 Å². The highest BCUT2D eigenvalue weighted by atomic mass is 16.3. The van der Waals surface area contributed by atoms with Gasteiger partial charge in [0, 0.05) is 56.6 Å². The van der Waals surface area contributed by atoms with Gasteiger partial charge in [-0.05, 0) is 29.9 Å². The van der Waals surface area contributed by atoms with Crippen LogP contribution in [0, 0.1) is 5.41 Å². The number of aromatic nitrogens is 5. The summed E-state index contributed by atoms with van der Waals surface area (Å²) >= 11 is 0. The Bertz CT molecular complexity index is 1290. The van der Waals surface area contributed by atoms with E-state index in [1.54, 1.807) is 10.9 Å². The van der Waals surface area contributed by atoms with Crippen molar-refractivity contribution >= 4 is 11.8 Å². The largest absolute Gasteiger partial charge is 0.391 e. The van der Waals surface area contributed by atoms with E-state index in [4.69, 9.17) is 0 Å². The Morgan fingerprint density at radius 2 is 2.03 bits per heavy atom. The molecule has 1 saturated carbocycles. The highest BCUT2D eigenvalue weighted by Crippen LogP contribution is 2.40.